The first kappa shape index (κ1) is 10.9. The molecule has 4 heteroatoms. The fourth-order valence-electron chi connectivity index (χ4n) is 1.84. The van der Waals surface area contributed by atoms with Crippen molar-refractivity contribution in [1.82, 2.24) is 10.3 Å². The summed E-state index contributed by atoms with van der Waals surface area (Å²) in [6, 6.07) is 6.41. The number of hydrogen-bond acceptors (Lipinski definition) is 4. The maximum absolute atomic E-state index is 8.72. The van der Waals surface area contributed by atoms with E-state index < -0.39 is 0 Å². The highest BCUT2D eigenvalue weighted by molar-refractivity contribution is 5.43. The normalized spacial score (nSPS) is 15.2. The van der Waals surface area contributed by atoms with E-state index in [9.17, 15) is 0 Å². The van der Waals surface area contributed by atoms with E-state index in [1.165, 1.54) is 0 Å². The van der Waals surface area contributed by atoms with Crippen molar-refractivity contribution in [2.45, 2.75) is 19.4 Å². The number of nitrogens with one attached hydrogen (secondary N) is 1. The summed E-state index contributed by atoms with van der Waals surface area (Å²) in [4.78, 5) is 6.66. The van der Waals surface area contributed by atoms with Gasteiger partial charge in [0.15, 0.2) is 0 Å². The topological polar surface area (TPSA) is 52.0 Å². The number of rotatable bonds is 4. The van der Waals surface area contributed by atoms with E-state index in [0.29, 0.717) is 11.6 Å². The van der Waals surface area contributed by atoms with Crippen LogP contribution in [-0.2, 0) is 0 Å². The lowest BCUT2D eigenvalue weighted by Gasteiger charge is -2.39. The van der Waals surface area contributed by atoms with Crippen LogP contribution in [0, 0.1) is 11.3 Å². The Balaban J connectivity index is 2.14. The van der Waals surface area contributed by atoms with Gasteiger partial charge in [0.1, 0.15) is 11.9 Å². The summed E-state index contributed by atoms with van der Waals surface area (Å²) < 4.78 is 0. The molecule has 0 atom stereocenters. The number of hydrogen-bond donors (Lipinski definition) is 1. The lowest BCUT2D eigenvalue weighted by Crippen LogP contribution is -2.57. The van der Waals surface area contributed by atoms with Crippen LogP contribution in [-0.4, -0.2) is 30.7 Å². The van der Waals surface area contributed by atoms with Gasteiger partial charge in [-0.05, 0) is 18.6 Å². The second-order valence-electron chi connectivity index (χ2n) is 4.02. The van der Waals surface area contributed by atoms with Crippen LogP contribution in [0.5, 0.6) is 0 Å². The van der Waals surface area contributed by atoms with E-state index in [1.807, 2.05) is 12.1 Å². The highest BCUT2D eigenvalue weighted by atomic mass is 15.3. The third-order valence-electron chi connectivity index (χ3n) is 2.84. The van der Waals surface area contributed by atoms with Crippen molar-refractivity contribution in [2.24, 2.45) is 0 Å². The van der Waals surface area contributed by atoms with Crippen molar-refractivity contribution in [3.05, 3.63) is 23.9 Å². The molecule has 0 unspecified atom stereocenters. The molecule has 1 saturated heterocycles. The molecule has 2 rings (SSSR count). The minimum Gasteiger partial charge on any atom is -0.351 e. The van der Waals surface area contributed by atoms with E-state index in [1.54, 1.807) is 6.20 Å². The minimum absolute atomic E-state index is 0.556. The van der Waals surface area contributed by atoms with Gasteiger partial charge in [0.25, 0.3) is 0 Å². The fraction of sp³-hybridized carbons (Fsp3) is 0.500. The van der Waals surface area contributed by atoms with Gasteiger partial charge < -0.3 is 10.2 Å². The Labute approximate surface area is 95.9 Å². The lowest BCUT2D eigenvalue weighted by molar-refractivity contribution is 0.410. The second-order valence-corrected chi connectivity index (χ2v) is 4.02. The monoisotopic (exact) mass is 216 g/mol. The summed E-state index contributed by atoms with van der Waals surface area (Å²) in [6.07, 6.45) is 2.75. The van der Waals surface area contributed by atoms with Gasteiger partial charge in [-0.15, -0.1) is 0 Å². The highest BCUT2D eigenvalue weighted by Gasteiger charge is 2.24. The van der Waals surface area contributed by atoms with Crippen molar-refractivity contribution in [2.75, 3.05) is 24.5 Å². The molecule has 0 aromatic carbocycles. The number of anilines is 1. The summed E-state index contributed by atoms with van der Waals surface area (Å²) in [5, 5.41) is 12.0. The molecule has 1 aliphatic heterocycles. The number of nitriles is 1. The molecule has 0 spiro atoms. The van der Waals surface area contributed by atoms with Crippen LogP contribution in [0.15, 0.2) is 18.3 Å². The van der Waals surface area contributed by atoms with Crippen LogP contribution in [0.4, 0.5) is 5.82 Å². The van der Waals surface area contributed by atoms with E-state index in [-0.39, 0.29) is 0 Å². The maximum Gasteiger partial charge on any atom is 0.128 e. The molecule has 0 bridgehead atoms. The van der Waals surface area contributed by atoms with Gasteiger partial charge in [-0.2, -0.15) is 5.26 Å². The van der Waals surface area contributed by atoms with Gasteiger partial charge in [-0.1, -0.05) is 6.92 Å². The average Bonchev–Trinajstić information content (AvgIpc) is 2.26. The molecule has 0 aliphatic carbocycles. The minimum atomic E-state index is 0.556. The Bertz CT molecular complexity index is 375. The van der Waals surface area contributed by atoms with Crippen molar-refractivity contribution in [3.8, 4) is 6.07 Å². The highest BCUT2D eigenvalue weighted by Crippen LogP contribution is 2.17. The zero-order valence-corrected chi connectivity index (χ0v) is 9.48. The van der Waals surface area contributed by atoms with Crippen LogP contribution < -0.4 is 10.2 Å². The Hall–Kier alpha value is -1.60. The quantitative estimate of drug-likeness (QED) is 0.820. The van der Waals surface area contributed by atoms with Gasteiger partial charge in [0.2, 0.25) is 0 Å². The summed E-state index contributed by atoms with van der Waals surface area (Å²) in [5.41, 5.74) is 0.618. The summed E-state index contributed by atoms with van der Waals surface area (Å²) in [5.74, 6) is 0.979. The van der Waals surface area contributed by atoms with Crippen LogP contribution in [0.2, 0.25) is 0 Å². The van der Waals surface area contributed by atoms with Crippen molar-refractivity contribution in [1.29, 1.82) is 5.26 Å². The molecular weight excluding hydrogens is 200 g/mol. The molecule has 0 saturated carbocycles. The first-order chi connectivity index (χ1) is 7.85. The summed E-state index contributed by atoms with van der Waals surface area (Å²) in [7, 11) is 0. The fourth-order valence-corrected chi connectivity index (χ4v) is 1.84. The van der Waals surface area contributed by atoms with E-state index in [4.69, 9.17) is 5.26 Å². The van der Waals surface area contributed by atoms with E-state index in [0.717, 1.165) is 31.9 Å². The third kappa shape index (κ3) is 2.15. The molecule has 4 nitrogen and oxygen atoms in total. The van der Waals surface area contributed by atoms with Crippen LogP contribution >= 0.6 is 0 Å². The van der Waals surface area contributed by atoms with Gasteiger partial charge in [0, 0.05) is 25.8 Å². The number of nitrogens with zero attached hydrogens (tertiary/aromatic N) is 3. The molecule has 16 heavy (non-hydrogen) atoms. The molecule has 2 heterocycles. The molecule has 1 N–H and O–H groups in total. The summed E-state index contributed by atoms with van der Waals surface area (Å²) >= 11 is 0. The van der Waals surface area contributed by atoms with E-state index >= 15 is 0 Å². The van der Waals surface area contributed by atoms with Gasteiger partial charge in [0.05, 0.1) is 11.6 Å². The predicted octanol–water partition coefficient (Wildman–Crippen LogP) is 1.14. The number of pyridine rings is 1. The second kappa shape index (κ2) is 4.95. The summed E-state index contributed by atoms with van der Waals surface area (Å²) in [6.45, 7) is 5.25. The maximum atomic E-state index is 8.72. The standard InChI is InChI=1S/C12H16N4/c1-2-5-16(11-8-14-9-11)12-4-3-10(6-13)7-15-12/h3-4,7,11,14H,2,5,8-9H2,1H3. The van der Waals surface area contributed by atoms with Crippen molar-refractivity contribution >= 4 is 5.82 Å². The Morgan fingerprint density at radius 2 is 2.38 bits per heavy atom. The molecule has 84 valence electrons. The SMILES string of the molecule is CCCN(c1ccc(C#N)cn1)C1CNC1. The molecule has 1 aromatic rings. The van der Waals surface area contributed by atoms with Crippen molar-refractivity contribution in [3.63, 3.8) is 0 Å². The average molecular weight is 216 g/mol. The zero-order chi connectivity index (χ0) is 11.4. The predicted molar refractivity (Wildman–Crippen MR) is 63.2 cm³/mol. The Morgan fingerprint density at radius 3 is 2.81 bits per heavy atom. The van der Waals surface area contributed by atoms with Crippen LogP contribution in [0.1, 0.15) is 18.9 Å². The van der Waals surface area contributed by atoms with Gasteiger partial charge in [-0.25, -0.2) is 4.98 Å². The smallest absolute Gasteiger partial charge is 0.128 e. The Morgan fingerprint density at radius 1 is 1.56 bits per heavy atom. The first-order valence-corrected chi connectivity index (χ1v) is 5.68. The number of aromatic nitrogens is 1. The molecule has 1 fully saturated rings. The van der Waals surface area contributed by atoms with Crippen LogP contribution in [0.3, 0.4) is 0 Å². The van der Waals surface area contributed by atoms with Crippen molar-refractivity contribution < 1.29 is 0 Å². The zero-order valence-electron chi connectivity index (χ0n) is 9.48. The Kier molecular flexibility index (Phi) is 3.37. The van der Waals surface area contributed by atoms with Gasteiger partial charge in [-0.3, -0.25) is 0 Å². The molecule has 0 amide bonds. The third-order valence-corrected chi connectivity index (χ3v) is 2.84. The lowest BCUT2D eigenvalue weighted by atomic mass is 10.1. The van der Waals surface area contributed by atoms with E-state index in [2.05, 4.69) is 28.2 Å². The molecule has 0 radical (unpaired) electrons. The molecular formula is C12H16N4. The molecule has 1 aromatic heterocycles. The first-order valence-electron chi connectivity index (χ1n) is 5.68. The van der Waals surface area contributed by atoms with Gasteiger partial charge >= 0.3 is 0 Å². The van der Waals surface area contributed by atoms with Crippen LogP contribution in [0.25, 0.3) is 0 Å². The largest absolute Gasteiger partial charge is 0.351 e. The molecule has 1 aliphatic rings.